The van der Waals surface area contributed by atoms with E-state index >= 15 is 0 Å². The van der Waals surface area contributed by atoms with Gasteiger partial charge in [-0.1, -0.05) is 12.1 Å². The number of carbonyl (C=O) groups excluding carboxylic acids is 2. The molecule has 2 aromatic rings. The summed E-state index contributed by atoms with van der Waals surface area (Å²) in [6.07, 6.45) is 0. The first-order valence-corrected chi connectivity index (χ1v) is 9.14. The number of fused-ring (bicyclic) bond motifs is 2. The Morgan fingerprint density at radius 3 is 2.62 bits per heavy atom. The van der Waals surface area contributed by atoms with Crippen molar-refractivity contribution in [2.75, 3.05) is 39.9 Å². The van der Waals surface area contributed by atoms with E-state index in [1.54, 1.807) is 24.3 Å². The van der Waals surface area contributed by atoms with Gasteiger partial charge in [-0.2, -0.15) is 0 Å². The Morgan fingerprint density at radius 2 is 1.93 bits per heavy atom. The highest BCUT2D eigenvalue weighted by molar-refractivity contribution is 5.95. The van der Waals surface area contributed by atoms with Gasteiger partial charge in [-0.3, -0.25) is 19.2 Å². The first kappa shape index (κ1) is 19.1. The molecule has 152 valence electrons. The summed E-state index contributed by atoms with van der Waals surface area (Å²) in [5.74, 6) is -2.38. The number of rotatable bonds is 4. The molecule has 29 heavy (non-hydrogen) atoms. The highest BCUT2D eigenvalue weighted by atomic mass is 16.5. The number of para-hydroxylation sites is 2. The monoisotopic (exact) mass is 400 g/mol. The number of carbonyl (C=O) groups is 3. The van der Waals surface area contributed by atoms with Crippen LogP contribution in [0.4, 0.5) is 0 Å². The topological polar surface area (TPSA) is 133 Å². The van der Waals surface area contributed by atoms with Crippen molar-refractivity contribution in [1.29, 1.82) is 0 Å². The first-order chi connectivity index (χ1) is 13.9. The molecule has 10 heteroatoms. The molecule has 1 aromatic heterocycles. The lowest BCUT2D eigenvalue weighted by Crippen LogP contribution is -2.44. The minimum atomic E-state index is -1.26. The molecule has 0 radical (unpaired) electrons. The second-order valence-electron chi connectivity index (χ2n) is 7.48. The van der Waals surface area contributed by atoms with E-state index < -0.39 is 28.8 Å². The number of methoxy groups -OCH3 is 1. The van der Waals surface area contributed by atoms with Crippen LogP contribution in [0.1, 0.15) is 10.5 Å². The molecule has 0 bridgehead atoms. The molecule has 2 fully saturated rings. The van der Waals surface area contributed by atoms with Crippen molar-refractivity contribution in [3.63, 3.8) is 0 Å². The standard InChI is InChI=1S/C19H20N4O6/c1-29-8-14(24)22-6-11-7-23(10-19(11,9-22)18(27)28)17(26)15-16(25)21-13-5-3-2-4-12(13)20-15/h2-5,11H,6-10H2,1H3,(H,21,25)(H,27,28)/t11-,19-/m1/s1. The van der Waals surface area contributed by atoms with Crippen molar-refractivity contribution >= 4 is 28.8 Å². The summed E-state index contributed by atoms with van der Waals surface area (Å²) in [6.45, 7) is 0.147. The number of benzene rings is 1. The fourth-order valence-electron chi connectivity index (χ4n) is 4.25. The molecule has 0 aliphatic carbocycles. The normalized spacial score (nSPS) is 23.4. The summed E-state index contributed by atoms with van der Waals surface area (Å²) in [5, 5.41) is 9.88. The lowest BCUT2D eigenvalue weighted by atomic mass is 9.81. The minimum absolute atomic E-state index is 0.000476. The number of ether oxygens (including phenoxy) is 1. The lowest BCUT2D eigenvalue weighted by Gasteiger charge is -2.25. The van der Waals surface area contributed by atoms with Gasteiger partial charge in [-0.15, -0.1) is 0 Å². The molecule has 2 aliphatic rings. The second kappa shape index (κ2) is 6.96. The third-order valence-electron chi connectivity index (χ3n) is 5.74. The zero-order chi connectivity index (χ0) is 20.8. The molecular formula is C19H20N4O6. The predicted molar refractivity (Wildman–Crippen MR) is 100 cm³/mol. The van der Waals surface area contributed by atoms with Crippen LogP contribution in [0.15, 0.2) is 29.1 Å². The molecule has 4 rings (SSSR count). The van der Waals surface area contributed by atoms with E-state index in [1.165, 1.54) is 16.9 Å². The summed E-state index contributed by atoms with van der Waals surface area (Å²) in [4.78, 5) is 59.2. The fourth-order valence-corrected chi connectivity index (χ4v) is 4.25. The van der Waals surface area contributed by atoms with Crippen LogP contribution in [-0.4, -0.2) is 82.6 Å². The number of nitrogens with zero attached hydrogens (tertiary/aromatic N) is 3. The van der Waals surface area contributed by atoms with Gasteiger partial charge in [-0.05, 0) is 12.1 Å². The van der Waals surface area contributed by atoms with Crippen molar-refractivity contribution in [3.8, 4) is 0 Å². The van der Waals surface area contributed by atoms with Crippen molar-refractivity contribution < 1.29 is 24.2 Å². The van der Waals surface area contributed by atoms with Crippen LogP contribution in [0.25, 0.3) is 11.0 Å². The van der Waals surface area contributed by atoms with E-state index in [1.807, 2.05) is 0 Å². The molecular weight excluding hydrogens is 380 g/mol. The number of amides is 2. The van der Waals surface area contributed by atoms with E-state index in [4.69, 9.17) is 4.74 Å². The van der Waals surface area contributed by atoms with Crippen LogP contribution in [0.2, 0.25) is 0 Å². The first-order valence-electron chi connectivity index (χ1n) is 9.14. The molecule has 2 aliphatic heterocycles. The van der Waals surface area contributed by atoms with Crippen LogP contribution in [-0.2, 0) is 14.3 Å². The summed E-state index contributed by atoms with van der Waals surface area (Å²) in [7, 11) is 1.40. The molecule has 2 amide bonds. The highest BCUT2D eigenvalue weighted by Crippen LogP contribution is 2.43. The number of aromatic nitrogens is 2. The Labute approximate surface area is 165 Å². The van der Waals surface area contributed by atoms with Gasteiger partial charge in [0.15, 0.2) is 5.69 Å². The summed E-state index contributed by atoms with van der Waals surface area (Å²) >= 11 is 0. The van der Waals surface area contributed by atoms with Crippen molar-refractivity contribution in [3.05, 3.63) is 40.3 Å². The maximum Gasteiger partial charge on any atom is 0.313 e. The Bertz CT molecular complexity index is 1070. The Hall–Kier alpha value is -3.27. The predicted octanol–water partition coefficient (Wildman–Crippen LogP) is -0.445. The van der Waals surface area contributed by atoms with Crippen LogP contribution >= 0.6 is 0 Å². The van der Waals surface area contributed by atoms with Gasteiger partial charge in [-0.25, -0.2) is 4.98 Å². The van der Waals surface area contributed by atoms with Gasteiger partial charge in [0, 0.05) is 39.2 Å². The van der Waals surface area contributed by atoms with Crippen LogP contribution in [0.3, 0.4) is 0 Å². The van der Waals surface area contributed by atoms with Crippen LogP contribution in [0.5, 0.6) is 0 Å². The minimum Gasteiger partial charge on any atom is -0.481 e. The highest BCUT2D eigenvalue weighted by Gasteiger charge is 2.59. The van der Waals surface area contributed by atoms with E-state index in [0.29, 0.717) is 11.0 Å². The van der Waals surface area contributed by atoms with Crippen LogP contribution in [0, 0.1) is 11.3 Å². The number of hydrogen-bond donors (Lipinski definition) is 2. The molecule has 2 atom stereocenters. The van der Waals surface area contributed by atoms with Gasteiger partial charge in [0.1, 0.15) is 12.0 Å². The fraction of sp³-hybridized carbons (Fsp3) is 0.421. The summed E-state index contributed by atoms with van der Waals surface area (Å²) < 4.78 is 4.85. The maximum atomic E-state index is 13.0. The Kier molecular flexibility index (Phi) is 4.58. The smallest absolute Gasteiger partial charge is 0.313 e. The van der Waals surface area contributed by atoms with E-state index in [2.05, 4.69) is 9.97 Å². The molecule has 3 heterocycles. The van der Waals surface area contributed by atoms with E-state index in [0.717, 1.165) is 0 Å². The molecule has 0 saturated carbocycles. The third kappa shape index (κ3) is 3.05. The number of aliphatic carboxylic acids is 1. The van der Waals surface area contributed by atoms with Crippen LogP contribution < -0.4 is 5.56 Å². The number of likely N-dealkylation sites (tertiary alicyclic amines) is 2. The molecule has 2 saturated heterocycles. The maximum absolute atomic E-state index is 13.0. The number of H-pyrrole nitrogens is 1. The van der Waals surface area contributed by atoms with Gasteiger partial charge in [0.2, 0.25) is 5.91 Å². The second-order valence-corrected chi connectivity index (χ2v) is 7.48. The molecule has 10 nitrogen and oxygen atoms in total. The Balaban J connectivity index is 1.60. The molecule has 1 aromatic carbocycles. The number of carboxylic acid groups (broad SMARTS) is 1. The van der Waals surface area contributed by atoms with Gasteiger partial charge >= 0.3 is 5.97 Å². The largest absolute Gasteiger partial charge is 0.481 e. The number of carboxylic acids is 1. The summed E-state index contributed by atoms with van der Waals surface area (Å²) in [5.41, 5.74) is -1.16. The molecule has 0 unspecified atom stereocenters. The van der Waals surface area contributed by atoms with Gasteiger partial charge < -0.3 is 24.6 Å². The quantitative estimate of drug-likeness (QED) is 0.710. The van der Waals surface area contributed by atoms with E-state index in [-0.39, 0.29) is 44.4 Å². The van der Waals surface area contributed by atoms with Gasteiger partial charge in [0.05, 0.1) is 11.0 Å². The van der Waals surface area contributed by atoms with Crippen molar-refractivity contribution in [2.45, 2.75) is 0 Å². The zero-order valence-electron chi connectivity index (χ0n) is 15.8. The number of hydrogen-bond acceptors (Lipinski definition) is 6. The lowest BCUT2D eigenvalue weighted by molar-refractivity contribution is -0.149. The average molecular weight is 400 g/mol. The number of aromatic amines is 1. The average Bonchev–Trinajstić information content (AvgIpc) is 3.23. The number of nitrogens with one attached hydrogen (secondary N) is 1. The molecule has 2 N–H and O–H groups in total. The van der Waals surface area contributed by atoms with Crippen molar-refractivity contribution in [1.82, 2.24) is 19.8 Å². The van der Waals surface area contributed by atoms with E-state index in [9.17, 15) is 24.3 Å². The SMILES string of the molecule is COCC(=O)N1C[C@@H]2CN(C(=O)c3nc4ccccc4[nH]c3=O)C[C@]2(C(=O)O)C1. The summed E-state index contributed by atoms with van der Waals surface area (Å²) in [6, 6.07) is 6.85. The third-order valence-corrected chi connectivity index (χ3v) is 5.74. The Morgan fingerprint density at radius 1 is 1.24 bits per heavy atom. The molecule has 0 spiro atoms. The zero-order valence-corrected chi connectivity index (χ0v) is 15.8. The van der Waals surface area contributed by atoms with Gasteiger partial charge in [0.25, 0.3) is 11.5 Å². The van der Waals surface area contributed by atoms with Crippen molar-refractivity contribution in [2.24, 2.45) is 11.3 Å².